The fraction of sp³-hybridized carbons (Fsp3) is 0.280. The fourth-order valence-corrected chi connectivity index (χ4v) is 4.53. The third-order valence-corrected chi connectivity index (χ3v) is 7.13. The van der Waals surface area contributed by atoms with Crippen LogP contribution in [-0.4, -0.2) is 50.6 Å². The van der Waals surface area contributed by atoms with Crippen LogP contribution in [-0.2, 0) is 14.8 Å². The van der Waals surface area contributed by atoms with E-state index in [9.17, 15) is 13.2 Å². The third-order valence-electron chi connectivity index (χ3n) is 6.20. The number of methoxy groups -OCH3 is 1. The normalized spacial score (nSPS) is 16.9. The first-order chi connectivity index (χ1) is 16.7. The van der Waals surface area contributed by atoms with Gasteiger partial charge in [0.15, 0.2) is 0 Å². The Balaban J connectivity index is 1.52. The number of carbonyl (C=O) groups is 1. The molecule has 35 heavy (non-hydrogen) atoms. The van der Waals surface area contributed by atoms with Crippen molar-refractivity contribution in [3.05, 3.63) is 83.8 Å². The number of primary sulfonamides is 1. The Morgan fingerprint density at radius 1 is 1.20 bits per heavy atom. The van der Waals surface area contributed by atoms with Gasteiger partial charge >= 0.3 is 0 Å². The summed E-state index contributed by atoms with van der Waals surface area (Å²) in [6.07, 6.45) is 2.11. The minimum Gasteiger partial charge on any atom is -0.497 e. The number of ether oxygens (including phenoxy) is 1. The molecule has 0 unspecified atom stereocenters. The van der Waals surface area contributed by atoms with Gasteiger partial charge in [-0.3, -0.25) is 9.69 Å². The summed E-state index contributed by atoms with van der Waals surface area (Å²) < 4.78 is 33.9. The highest BCUT2D eigenvalue weighted by atomic mass is 32.2. The Bertz CT molecular complexity index is 1300. The number of hydrogen-bond donors (Lipinski definition) is 1. The van der Waals surface area contributed by atoms with Gasteiger partial charge in [0.05, 0.1) is 30.5 Å². The smallest absolute Gasteiger partial charge is 0.257 e. The van der Waals surface area contributed by atoms with Gasteiger partial charge in [-0.05, 0) is 73.6 Å². The molecule has 4 rings (SSSR count). The van der Waals surface area contributed by atoms with E-state index < -0.39 is 10.0 Å². The van der Waals surface area contributed by atoms with Crippen LogP contribution in [0.2, 0.25) is 0 Å². The number of amides is 1. The molecule has 1 aromatic heterocycles. The average Bonchev–Trinajstić information content (AvgIpc) is 3.53. The third kappa shape index (κ3) is 5.45. The van der Waals surface area contributed by atoms with Gasteiger partial charge in [0.1, 0.15) is 17.6 Å². The number of carbonyl (C=O) groups excluding carboxylic acids is 1. The van der Waals surface area contributed by atoms with Crippen molar-refractivity contribution in [1.29, 1.82) is 0 Å². The van der Waals surface area contributed by atoms with Crippen molar-refractivity contribution >= 4 is 21.6 Å². The van der Waals surface area contributed by atoms with Crippen LogP contribution in [0.1, 0.15) is 42.3 Å². The summed E-state index contributed by atoms with van der Waals surface area (Å²) >= 11 is 0. The molecule has 3 aromatic rings. The Morgan fingerprint density at radius 3 is 2.46 bits per heavy atom. The zero-order chi connectivity index (χ0) is 25.2. The molecule has 2 N–H and O–H groups in total. The predicted octanol–water partition coefficient (Wildman–Crippen LogP) is 3.31. The summed E-state index contributed by atoms with van der Waals surface area (Å²) in [4.78, 5) is 15.3. The number of nitrogens with zero attached hydrogens (tertiary/aromatic N) is 3. The quantitative estimate of drug-likeness (QED) is 0.511. The first kappa shape index (κ1) is 24.6. The lowest BCUT2D eigenvalue weighted by molar-refractivity contribution is -0.134. The second-order valence-electron chi connectivity index (χ2n) is 8.45. The molecule has 1 aliphatic heterocycles. The molecule has 184 valence electrons. The molecule has 2 atom stereocenters. The van der Waals surface area contributed by atoms with Gasteiger partial charge in [0, 0.05) is 12.5 Å². The molecular formula is C25H28N4O5S. The van der Waals surface area contributed by atoms with Crippen LogP contribution in [0, 0.1) is 0 Å². The molecule has 0 bridgehead atoms. The van der Waals surface area contributed by atoms with Crippen molar-refractivity contribution in [2.24, 2.45) is 10.2 Å². The van der Waals surface area contributed by atoms with E-state index in [1.807, 2.05) is 49.2 Å². The first-order valence-electron chi connectivity index (χ1n) is 11.1. The maximum absolute atomic E-state index is 13.4. The van der Waals surface area contributed by atoms with Crippen LogP contribution >= 0.6 is 0 Å². The van der Waals surface area contributed by atoms with Gasteiger partial charge in [-0.15, -0.1) is 0 Å². The van der Waals surface area contributed by atoms with E-state index in [4.69, 9.17) is 14.3 Å². The van der Waals surface area contributed by atoms with E-state index in [-0.39, 0.29) is 29.4 Å². The van der Waals surface area contributed by atoms with Crippen LogP contribution in [0.15, 0.2) is 81.3 Å². The molecule has 9 nitrogen and oxygen atoms in total. The molecule has 0 aliphatic carbocycles. The van der Waals surface area contributed by atoms with Crippen molar-refractivity contribution < 1.29 is 22.4 Å². The lowest BCUT2D eigenvalue weighted by atomic mass is 10.0. The first-order valence-corrected chi connectivity index (χ1v) is 12.6. The topological polar surface area (TPSA) is 118 Å². The van der Waals surface area contributed by atoms with Gasteiger partial charge in [-0.25, -0.2) is 18.6 Å². The zero-order valence-electron chi connectivity index (χ0n) is 19.8. The molecule has 10 heteroatoms. The van der Waals surface area contributed by atoms with Gasteiger partial charge in [-0.1, -0.05) is 12.1 Å². The number of hydrazone groups is 1. The summed E-state index contributed by atoms with van der Waals surface area (Å²) in [6.45, 7) is 2.05. The van der Waals surface area contributed by atoms with E-state index >= 15 is 0 Å². The predicted molar refractivity (Wildman–Crippen MR) is 131 cm³/mol. The largest absolute Gasteiger partial charge is 0.497 e. The summed E-state index contributed by atoms with van der Waals surface area (Å²) in [6, 6.07) is 17.1. The van der Waals surface area contributed by atoms with Crippen LogP contribution in [0.5, 0.6) is 5.75 Å². The highest BCUT2D eigenvalue weighted by Gasteiger charge is 2.35. The molecule has 2 heterocycles. The van der Waals surface area contributed by atoms with Gasteiger partial charge in [0.2, 0.25) is 10.0 Å². The molecule has 1 amide bonds. The summed E-state index contributed by atoms with van der Waals surface area (Å²) in [5, 5.41) is 11.3. The second kappa shape index (κ2) is 10.0. The Labute approximate surface area is 204 Å². The minimum absolute atomic E-state index is 0.0472. The van der Waals surface area contributed by atoms with Crippen molar-refractivity contribution in [2.75, 3.05) is 20.7 Å². The van der Waals surface area contributed by atoms with Crippen molar-refractivity contribution in [3.8, 4) is 5.75 Å². The maximum Gasteiger partial charge on any atom is 0.257 e. The molecule has 0 fully saturated rings. The van der Waals surface area contributed by atoms with Crippen LogP contribution in [0.4, 0.5) is 0 Å². The fourth-order valence-electron chi connectivity index (χ4n) is 4.01. The van der Waals surface area contributed by atoms with E-state index in [1.165, 1.54) is 17.1 Å². The number of sulfonamides is 1. The monoisotopic (exact) mass is 496 g/mol. The standard InChI is InChI=1S/C25H28N4O5S/c1-17(18-8-12-21(13-9-18)35(26,31)32)28(2)16-25(30)29-23(24-5-4-14-34-24)15-22(27-29)19-6-10-20(33-3)11-7-19/h4-14,17,23H,15-16H2,1-3H3,(H2,26,31,32)/t17-,23-/m1/s1. The van der Waals surface area contributed by atoms with Crippen LogP contribution < -0.4 is 9.88 Å². The summed E-state index contributed by atoms with van der Waals surface area (Å²) in [7, 11) is -0.312. The lowest BCUT2D eigenvalue weighted by Crippen LogP contribution is -2.37. The van der Waals surface area contributed by atoms with E-state index in [2.05, 4.69) is 5.10 Å². The molecule has 2 aromatic carbocycles. The van der Waals surface area contributed by atoms with Crippen LogP contribution in [0.3, 0.4) is 0 Å². The number of rotatable bonds is 8. The number of hydrogen-bond acceptors (Lipinski definition) is 7. The maximum atomic E-state index is 13.4. The average molecular weight is 497 g/mol. The van der Waals surface area contributed by atoms with Gasteiger partial charge in [0.25, 0.3) is 5.91 Å². The molecule has 0 saturated heterocycles. The zero-order valence-corrected chi connectivity index (χ0v) is 20.6. The number of likely N-dealkylation sites (N-methyl/N-ethyl adjacent to an activating group) is 1. The number of furan rings is 1. The molecular weight excluding hydrogens is 468 g/mol. The SMILES string of the molecule is COc1ccc(C2=NN(C(=O)CN(C)[C@H](C)c3ccc(S(N)(=O)=O)cc3)[C@@H](c3ccco3)C2)cc1. The number of nitrogens with two attached hydrogens (primary N) is 1. The van der Waals surface area contributed by atoms with Gasteiger partial charge in [-0.2, -0.15) is 5.10 Å². The van der Waals surface area contributed by atoms with Crippen molar-refractivity contribution in [2.45, 2.75) is 30.3 Å². The van der Waals surface area contributed by atoms with E-state index in [0.29, 0.717) is 12.2 Å². The Hall–Kier alpha value is -3.47. The Morgan fingerprint density at radius 2 is 1.89 bits per heavy atom. The van der Waals surface area contributed by atoms with Crippen molar-refractivity contribution in [1.82, 2.24) is 9.91 Å². The number of benzene rings is 2. The molecule has 0 spiro atoms. The highest BCUT2D eigenvalue weighted by molar-refractivity contribution is 7.89. The minimum atomic E-state index is -3.76. The summed E-state index contributed by atoms with van der Waals surface area (Å²) in [5.41, 5.74) is 2.56. The van der Waals surface area contributed by atoms with Gasteiger partial charge < -0.3 is 9.15 Å². The summed E-state index contributed by atoms with van der Waals surface area (Å²) in [5.74, 6) is 1.24. The van der Waals surface area contributed by atoms with E-state index in [0.717, 1.165) is 22.6 Å². The second-order valence-corrected chi connectivity index (χ2v) is 10.0. The van der Waals surface area contributed by atoms with E-state index in [1.54, 1.807) is 31.6 Å². The molecule has 0 radical (unpaired) electrons. The molecule has 1 aliphatic rings. The lowest BCUT2D eigenvalue weighted by Gasteiger charge is -2.27. The van der Waals surface area contributed by atoms with Crippen molar-refractivity contribution in [3.63, 3.8) is 0 Å². The van der Waals surface area contributed by atoms with Crippen LogP contribution in [0.25, 0.3) is 0 Å². The molecule has 0 saturated carbocycles. The Kier molecular flexibility index (Phi) is 7.06. The highest BCUT2D eigenvalue weighted by Crippen LogP contribution is 2.34.